The maximum atomic E-state index is 11.0. The Balaban J connectivity index is 2.46. The molecule has 0 saturated heterocycles. The lowest BCUT2D eigenvalue weighted by molar-refractivity contribution is 0.0995. The van der Waals surface area contributed by atoms with E-state index in [4.69, 9.17) is 5.73 Å². The van der Waals surface area contributed by atoms with E-state index < -0.39 is 5.91 Å². The molecule has 0 fully saturated rings. The van der Waals surface area contributed by atoms with Crippen molar-refractivity contribution in [2.24, 2.45) is 5.73 Å². The van der Waals surface area contributed by atoms with Gasteiger partial charge in [0.05, 0.1) is 0 Å². The van der Waals surface area contributed by atoms with E-state index in [0.29, 0.717) is 5.69 Å². The Morgan fingerprint density at radius 2 is 1.67 bits per heavy atom. The molecule has 1 aromatic heterocycles. The van der Waals surface area contributed by atoms with Crippen molar-refractivity contribution in [2.45, 2.75) is 20.8 Å². The standard InChI is InChI=1S/C15H16N2O/c1-9-6-13(7-10(2)11(9)3)12-4-5-14(15(16)18)17-8-12/h4-8H,1-3H3,(H2,16,18). The monoisotopic (exact) mass is 240 g/mol. The number of aryl methyl sites for hydroxylation is 2. The molecule has 0 aliphatic carbocycles. The van der Waals surface area contributed by atoms with Gasteiger partial charge in [0.1, 0.15) is 5.69 Å². The van der Waals surface area contributed by atoms with E-state index in [2.05, 4.69) is 37.9 Å². The van der Waals surface area contributed by atoms with Crippen molar-refractivity contribution >= 4 is 5.91 Å². The zero-order chi connectivity index (χ0) is 13.3. The molecule has 1 aromatic carbocycles. The molecule has 3 nitrogen and oxygen atoms in total. The van der Waals surface area contributed by atoms with E-state index in [9.17, 15) is 4.79 Å². The summed E-state index contributed by atoms with van der Waals surface area (Å²) in [4.78, 5) is 15.0. The van der Waals surface area contributed by atoms with E-state index in [1.165, 1.54) is 16.7 Å². The smallest absolute Gasteiger partial charge is 0.267 e. The first kappa shape index (κ1) is 12.3. The van der Waals surface area contributed by atoms with Crippen molar-refractivity contribution in [3.05, 3.63) is 52.8 Å². The minimum absolute atomic E-state index is 0.291. The number of nitrogens with zero attached hydrogens (tertiary/aromatic N) is 1. The Morgan fingerprint density at radius 1 is 1.06 bits per heavy atom. The molecule has 0 unspecified atom stereocenters. The Labute approximate surface area is 107 Å². The number of nitrogens with two attached hydrogens (primary N) is 1. The SMILES string of the molecule is Cc1cc(-c2ccc(C(N)=O)nc2)cc(C)c1C. The average Bonchev–Trinajstić information content (AvgIpc) is 2.35. The van der Waals surface area contributed by atoms with E-state index in [-0.39, 0.29) is 0 Å². The fourth-order valence-electron chi connectivity index (χ4n) is 1.91. The summed E-state index contributed by atoms with van der Waals surface area (Å²) in [6, 6.07) is 7.78. The van der Waals surface area contributed by atoms with Crippen molar-refractivity contribution in [3.63, 3.8) is 0 Å². The molecule has 0 bridgehead atoms. The number of carbonyl (C=O) groups is 1. The number of primary amides is 1. The van der Waals surface area contributed by atoms with Gasteiger partial charge in [0.25, 0.3) is 5.91 Å². The largest absolute Gasteiger partial charge is 0.364 e. The highest BCUT2D eigenvalue weighted by Crippen LogP contribution is 2.24. The number of benzene rings is 1. The molecular formula is C15H16N2O. The number of aromatic nitrogens is 1. The van der Waals surface area contributed by atoms with E-state index in [0.717, 1.165) is 11.1 Å². The number of pyridine rings is 1. The van der Waals surface area contributed by atoms with Crippen LogP contribution < -0.4 is 5.73 Å². The van der Waals surface area contributed by atoms with Gasteiger partial charge < -0.3 is 5.73 Å². The van der Waals surface area contributed by atoms with Crippen LogP contribution in [0.3, 0.4) is 0 Å². The van der Waals surface area contributed by atoms with Gasteiger partial charge in [-0.25, -0.2) is 0 Å². The molecule has 0 atom stereocenters. The predicted molar refractivity (Wildman–Crippen MR) is 72.4 cm³/mol. The van der Waals surface area contributed by atoms with Crippen LogP contribution in [-0.2, 0) is 0 Å². The second kappa shape index (κ2) is 4.61. The van der Waals surface area contributed by atoms with Gasteiger partial charge in [0.2, 0.25) is 0 Å². The zero-order valence-corrected chi connectivity index (χ0v) is 10.8. The highest BCUT2D eigenvalue weighted by atomic mass is 16.1. The highest BCUT2D eigenvalue weighted by Gasteiger charge is 2.05. The van der Waals surface area contributed by atoms with E-state index in [1.54, 1.807) is 12.3 Å². The summed E-state index contributed by atoms with van der Waals surface area (Å²) in [6.07, 6.45) is 1.68. The van der Waals surface area contributed by atoms with Gasteiger partial charge in [-0.05, 0) is 49.1 Å². The lowest BCUT2D eigenvalue weighted by Gasteiger charge is -2.09. The Bertz CT molecular complexity index is 577. The lowest BCUT2D eigenvalue weighted by atomic mass is 9.97. The summed E-state index contributed by atoms with van der Waals surface area (Å²) in [5.41, 5.74) is 11.4. The van der Waals surface area contributed by atoms with Crippen LogP contribution in [0.25, 0.3) is 11.1 Å². The highest BCUT2D eigenvalue weighted by molar-refractivity contribution is 5.91. The molecule has 2 N–H and O–H groups in total. The number of hydrogen-bond acceptors (Lipinski definition) is 2. The molecule has 1 amide bonds. The fourth-order valence-corrected chi connectivity index (χ4v) is 1.91. The summed E-state index contributed by atoms with van der Waals surface area (Å²) in [7, 11) is 0. The van der Waals surface area contributed by atoms with Crippen LogP contribution >= 0.6 is 0 Å². The van der Waals surface area contributed by atoms with Crippen molar-refractivity contribution < 1.29 is 4.79 Å². The second-order valence-electron chi connectivity index (χ2n) is 4.53. The molecule has 0 spiro atoms. The molecular weight excluding hydrogens is 224 g/mol. The summed E-state index contributed by atoms with van der Waals surface area (Å²) >= 11 is 0. The van der Waals surface area contributed by atoms with Crippen molar-refractivity contribution in [2.75, 3.05) is 0 Å². The summed E-state index contributed by atoms with van der Waals surface area (Å²) < 4.78 is 0. The summed E-state index contributed by atoms with van der Waals surface area (Å²) in [5, 5.41) is 0. The number of amides is 1. The number of rotatable bonds is 2. The van der Waals surface area contributed by atoms with Crippen LogP contribution in [0, 0.1) is 20.8 Å². The maximum absolute atomic E-state index is 11.0. The summed E-state index contributed by atoms with van der Waals surface area (Å²) in [5.74, 6) is -0.502. The van der Waals surface area contributed by atoms with Crippen molar-refractivity contribution in [1.82, 2.24) is 4.98 Å². The van der Waals surface area contributed by atoms with Gasteiger partial charge in [-0.3, -0.25) is 9.78 Å². The maximum Gasteiger partial charge on any atom is 0.267 e. The Kier molecular flexibility index (Phi) is 3.15. The van der Waals surface area contributed by atoms with Gasteiger partial charge in [0, 0.05) is 11.8 Å². The van der Waals surface area contributed by atoms with Gasteiger partial charge in [-0.15, -0.1) is 0 Å². The minimum Gasteiger partial charge on any atom is -0.364 e. The molecule has 0 aliphatic rings. The molecule has 92 valence electrons. The first-order valence-corrected chi connectivity index (χ1v) is 5.83. The Hall–Kier alpha value is -2.16. The van der Waals surface area contributed by atoms with Gasteiger partial charge in [0.15, 0.2) is 0 Å². The molecule has 3 heteroatoms. The molecule has 0 radical (unpaired) electrons. The molecule has 0 saturated carbocycles. The fraction of sp³-hybridized carbons (Fsp3) is 0.200. The van der Waals surface area contributed by atoms with E-state index >= 15 is 0 Å². The van der Waals surface area contributed by atoms with Gasteiger partial charge in [-0.2, -0.15) is 0 Å². The predicted octanol–water partition coefficient (Wildman–Crippen LogP) is 2.77. The quantitative estimate of drug-likeness (QED) is 0.877. The van der Waals surface area contributed by atoms with Gasteiger partial charge >= 0.3 is 0 Å². The second-order valence-corrected chi connectivity index (χ2v) is 4.53. The molecule has 18 heavy (non-hydrogen) atoms. The zero-order valence-electron chi connectivity index (χ0n) is 10.8. The first-order valence-electron chi connectivity index (χ1n) is 5.83. The van der Waals surface area contributed by atoms with Crippen LogP contribution in [0.1, 0.15) is 27.2 Å². The Morgan fingerprint density at radius 3 is 2.11 bits per heavy atom. The third kappa shape index (κ3) is 2.25. The summed E-state index contributed by atoms with van der Waals surface area (Å²) in [6.45, 7) is 6.30. The topological polar surface area (TPSA) is 56.0 Å². The molecule has 1 heterocycles. The molecule has 0 aliphatic heterocycles. The van der Waals surface area contributed by atoms with Crippen LogP contribution in [0.15, 0.2) is 30.5 Å². The molecule has 2 aromatic rings. The normalized spacial score (nSPS) is 10.4. The number of hydrogen-bond donors (Lipinski definition) is 1. The molecule has 2 rings (SSSR count). The van der Waals surface area contributed by atoms with Crippen LogP contribution in [0.4, 0.5) is 0 Å². The van der Waals surface area contributed by atoms with Crippen molar-refractivity contribution in [3.8, 4) is 11.1 Å². The third-order valence-corrected chi connectivity index (χ3v) is 3.28. The van der Waals surface area contributed by atoms with Gasteiger partial charge in [-0.1, -0.05) is 18.2 Å². The number of carbonyl (C=O) groups excluding carboxylic acids is 1. The third-order valence-electron chi connectivity index (χ3n) is 3.28. The van der Waals surface area contributed by atoms with Crippen LogP contribution in [-0.4, -0.2) is 10.9 Å². The van der Waals surface area contributed by atoms with E-state index in [1.807, 2.05) is 6.07 Å². The average molecular weight is 240 g/mol. The lowest BCUT2D eigenvalue weighted by Crippen LogP contribution is -2.12. The first-order chi connectivity index (χ1) is 8.49. The minimum atomic E-state index is -0.502. The van der Waals surface area contributed by atoms with Crippen molar-refractivity contribution in [1.29, 1.82) is 0 Å². The van der Waals surface area contributed by atoms with Crippen LogP contribution in [0.2, 0.25) is 0 Å². The van der Waals surface area contributed by atoms with Crippen LogP contribution in [0.5, 0.6) is 0 Å².